The summed E-state index contributed by atoms with van der Waals surface area (Å²) >= 11 is 0. The maximum absolute atomic E-state index is 14.5. The molecule has 3 N–H and O–H groups in total. The van der Waals surface area contributed by atoms with Crippen molar-refractivity contribution in [2.75, 3.05) is 40.3 Å². The highest BCUT2D eigenvalue weighted by molar-refractivity contribution is 5.95. The van der Waals surface area contributed by atoms with E-state index in [4.69, 9.17) is 14.7 Å². The van der Waals surface area contributed by atoms with Crippen LogP contribution < -0.4 is 10.1 Å². The van der Waals surface area contributed by atoms with Crippen LogP contribution >= 0.6 is 0 Å². The number of rotatable bonds is 7. The summed E-state index contributed by atoms with van der Waals surface area (Å²) in [5.41, 5.74) is 6.91. The predicted molar refractivity (Wildman–Crippen MR) is 142 cm³/mol. The first-order valence-electron chi connectivity index (χ1n) is 12.2. The first-order valence-corrected chi connectivity index (χ1v) is 12.2. The average Bonchev–Trinajstić information content (AvgIpc) is 3.52. The van der Waals surface area contributed by atoms with Crippen LogP contribution in [0.2, 0.25) is 0 Å². The van der Waals surface area contributed by atoms with E-state index in [-0.39, 0.29) is 0 Å². The molecular formula is C27H27FN8O. The number of imidazole rings is 1. The predicted octanol–water partition coefficient (Wildman–Crippen LogP) is 4.02. The van der Waals surface area contributed by atoms with Crippen molar-refractivity contribution in [1.82, 2.24) is 40.3 Å². The Morgan fingerprint density at radius 2 is 1.92 bits per heavy atom. The molecule has 188 valence electrons. The van der Waals surface area contributed by atoms with E-state index >= 15 is 0 Å². The van der Waals surface area contributed by atoms with Gasteiger partial charge >= 0.3 is 0 Å². The highest BCUT2D eigenvalue weighted by atomic mass is 19.1. The molecule has 0 fully saturated rings. The molecule has 0 aliphatic carbocycles. The number of fused-ring (bicyclic) bond motifs is 2. The van der Waals surface area contributed by atoms with Gasteiger partial charge < -0.3 is 19.9 Å². The van der Waals surface area contributed by atoms with Crippen LogP contribution in [0.3, 0.4) is 0 Å². The minimum Gasteiger partial charge on any atom is -0.492 e. The Labute approximate surface area is 212 Å². The summed E-state index contributed by atoms with van der Waals surface area (Å²) in [5.74, 6) is 0.626. The Bertz CT molecular complexity index is 1620. The first kappa shape index (κ1) is 23.3. The van der Waals surface area contributed by atoms with Gasteiger partial charge in [0.25, 0.3) is 0 Å². The van der Waals surface area contributed by atoms with E-state index in [1.165, 1.54) is 17.7 Å². The van der Waals surface area contributed by atoms with Crippen LogP contribution in [0.15, 0.2) is 48.7 Å². The summed E-state index contributed by atoms with van der Waals surface area (Å²) < 4.78 is 20.3. The molecule has 0 bridgehead atoms. The van der Waals surface area contributed by atoms with Crippen LogP contribution in [-0.2, 0) is 0 Å². The summed E-state index contributed by atoms with van der Waals surface area (Å²) in [6.07, 6.45) is 4.79. The van der Waals surface area contributed by atoms with E-state index in [9.17, 15) is 4.39 Å². The number of H-pyrrole nitrogens is 2. The maximum Gasteiger partial charge on any atom is 0.161 e. The summed E-state index contributed by atoms with van der Waals surface area (Å²) in [5, 5.41) is 10.9. The maximum atomic E-state index is 14.5. The molecular weight excluding hydrogens is 471 g/mol. The molecule has 5 heterocycles. The zero-order chi connectivity index (χ0) is 25.4. The number of pyridine rings is 2. The van der Waals surface area contributed by atoms with Crippen LogP contribution in [0, 0.1) is 5.82 Å². The van der Waals surface area contributed by atoms with Crippen molar-refractivity contribution in [3.63, 3.8) is 0 Å². The lowest BCUT2D eigenvalue weighted by atomic mass is 10.1. The molecule has 0 atom stereocenters. The number of nitrogens with one attached hydrogen (secondary N) is 3. The van der Waals surface area contributed by atoms with Crippen molar-refractivity contribution in [3.05, 3.63) is 60.2 Å². The van der Waals surface area contributed by atoms with Crippen LogP contribution in [0.5, 0.6) is 5.75 Å². The zero-order valence-corrected chi connectivity index (χ0v) is 20.7. The Balaban J connectivity index is 1.39. The van der Waals surface area contributed by atoms with Gasteiger partial charge in [-0.15, -0.1) is 0 Å². The van der Waals surface area contributed by atoms with Gasteiger partial charge in [-0.1, -0.05) is 6.08 Å². The average molecular weight is 499 g/mol. The van der Waals surface area contributed by atoms with Crippen LogP contribution in [-0.4, -0.2) is 75.4 Å². The van der Waals surface area contributed by atoms with E-state index in [0.717, 1.165) is 48.3 Å². The third-order valence-corrected chi connectivity index (χ3v) is 6.38. The Morgan fingerprint density at radius 3 is 2.76 bits per heavy atom. The highest BCUT2D eigenvalue weighted by Gasteiger charge is 2.18. The van der Waals surface area contributed by atoms with Crippen molar-refractivity contribution < 1.29 is 9.13 Å². The third-order valence-electron chi connectivity index (χ3n) is 6.38. The van der Waals surface area contributed by atoms with Crippen LogP contribution in [0.4, 0.5) is 4.39 Å². The number of nitrogens with zero attached hydrogens (tertiary/aromatic N) is 5. The molecule has 5 aromatic rings. The third kappa shape index (κ3) is 4.68. The van der Waals surface area contributed by atoms with Gasteiger partial charge in [-0.05, 0) is 63.0 Å². The van der Waals surface area contributed by atoms with Crippen LogP contribution in [0.25, 0.3) is 50.4 Å². The number of aromatic nitrogens is 6. The van der Waals surface area contributed by atoms with E-state index in [1.807, 2.05) is 37.2 Å². The van der Waals surface area contributed by atoms with Gasteiger partial charge in [0.05, 0.1) is 22.4 Å². The topological polar surface area (TPSA) is 108 Å². The number of halogens is 1. The second-order valence-electron chi connectivity index (χ2n) is 9.32. The Kier molecular flexibility index (Phi) is 6.11. The lowest BCUT2D eigenvalue weighted by Crippen LogP contribution is -2.20. The van der Waals surface area contributed by atoms with Gasteiger partial charge in [0.1, 0.15) is 29.2 Å². The molecule has 10 heteroatoms. The summed E-state index contributed by atoms with van der Waals surface area (Å²) in [4.78, 5) is 19.6. The molecule has 4 aromatic heterocycles. The molecule has 0 radical (unpaired) electrons. The van der Waals surface area contributed by atoms with Gasteiger partial charge in [-0.2, -0.15) is 5.10 Å². The van der Waals surface area contributed by atoms with Crippen molar-refractivity contribution >= 4 is 27.6 Å². The molecule has 1 aliphatic rings. The molecule has 37 heavy (non-hydrogen) atoms. The van der Waals surface area contributed by atoms with Crippen molar-refractivity contribution in [1.29, 1.82) is 0 Å². The van der Waals surface area contributed by atoms with Gasteiger partial charge in [0.15, 0.2) is 11.5 Å². The van der Waals surface area contributed by atoms with Gasteiger partial charge in [-0.3, -0.25) is 10.1 Å². The first-order chi connectivity index (χ1) is 18.0. The molecule has 1 aliphatic heterocycles. The molecule has 0 saturated heterocycles. The monoisotopic (exact) mass is 498 g/mol. The Hall–Kier alpha value is -4.15. The number of hydrogen-bond donors (Lipinski definition) is 3. The van der Waals surface area contributed by atoms with E-state index in [1.54, 1.807) is 12.3 Å². The highest BCUT2D eigenvalue weighted by Crippen LogP contribution is 2.32. The molecule has 0 unspecified atom stereocenters. The van der Waals surface area contributed by atoms with Gasteiger partial charge in [-0.25, -0.2) is 14.4 Å². The second-order valence-corrected chi connectivity index (χ2v) is 9.32. The zero-order valence-electron chi connectivity index (χ0n) is 20.7. The summed E-state index contributed by atoms with van der Waals surface area (Å²) in [6, 6.07) is 10.5. The number of ether oxygens (including phenoxy) is 1. The fourth-order valence-corrected chi connectivity index (χ4v) is 4.49. The smallest absolute Gasteiger partial charge is 0.161 e. The van der Waals surface area contributed by atoms with E-state index in [2.05, 4.69) is 31.6 Å². The summed E-state index contributed by atoms with van der Waals surface area (Å²) in [7, 11) is 3.92. The minimum atomic E-state index is -0.394. The Morgan fingerprint density at radius 1 is 1.03 bits per heavy atom. The lowest BCUT2D eigenvalue weighted by molar-refractivity contribution is 0.260. The number of hydrogen-bond acceptors (Lipinski definition) is 7. The molecule has 0 spiro atoms. The molecule has 1 aromatic carbocycles. The second kappa shape index (κ2) is 9.72. The van der Waals surface area contributed by atoms with Gasteiger partial charge in [0.2, 0.25) is 0 Å². The minimum absolute atomic E-state index is 0.394. The van der Waals surface area contributed by atoms with E-state index < -0.39 is 5.82 Å². The van der Waals surface area contributed by atoms with Crippen molar-refractivity contribution in [2.24, 2.45) is 0 Å². The number of benzene rings is 1. The quantitative estimate of drug-likeness (QED) is 0.311. The summed E-state index contributed by atoms with van der Waals surface area (Å²) in [6.45, 7) is 2.96. The number of likely N-dealkylation sites (N-methyl/N-ethyl adjacent to an activating group) is 1. The fourth-order valence-electron chi connectivity index (χ4n) is 4.49. The van der Waals surface area contributed by atoms with Gasteiger partial charge in [0, 0.05) is 30.9 Å². The van der Waals surface area contributed by atoms with Crippen molar-refractivity contribution in [2.45, 2.75) is 6.42 Å². The molecule has 0 amide bonds. The van der Waals surface area contributed by atoms with Crippen molar-refractivity contribution in [3.8, 4) is 28.5 Å². The molecule has 9 nitrogen and oxygen atoms in total. The largest absolute Gasteiger partial charge is 0.492 e. The lowest BCUT2D eigenvalue weighted by Gasteiger charge is -2.13. The SMILES string of the molecule is CN(C)CCOc1cc(F)cc(-c2nccc3[nH]c(-c4n[nH]c5ccc(C6=CCNCC6)nc45)nc23)c1. The van der Waals surface area contributed by atoms with E-state index in [0.29, 0.717) is 40.6 Å². The molecule has 6 rings (SSSR count). The van der Waals surface area contributed by atoms with Crippen LogP contribution in [0.1, 0.15) is 12.1 Å². The standard InChI is InChI=1S/C27H27FN8O/c1-36(2)11-12-37-19-14-17(13-18(28)15-19)23-24-21(7-10-30-23)32-27(33-24)26-25-22(34-35-26)4-3-20(31-25)16-5-8-29-9-6-16/h3-5,7,10,13-15,29H,6,8-9,11-12H2,1-2H3,(H,32,33)(H,34,35). The molecule has 0 saturated carbocycles. The normalized spacial score (nSPS) is 14.0. The fraction of sp³-hybridized carbons (Fsp3) is 0.259. The number of aromatic amines is 2.